The molecule has 3 rings (SSSR count). The summed E-state index contributed by atoms with van der Waals surface area (Å²) in [5.41, 5.74) is 0.566. The van der Waals surface area contributed by atoms with Crippen molar-refractivity contribution in [1.29, 1.82) is 0 Å². The Hall–Kier alpha value is -1.39. The van der Waals surface area contributed by atoms with Crippen molar-refractivity contribution >= 4 is 10.0 Å². The highest BCUT2D eigenvalue weighted by Gasteiger charge is 2.42. The molecule has 1 aromatic carbocycles. The fourth-order valence-electron chi connectivity index (χ4n) is 2.91. The second kappa shape index (κ2) is 5.78. The second-order valence-electron chi connectivity index (χ2n) is 5.33. The summed E-state index contributed by atoms with van der Waals surface area (Å²) in [7, 11) is -3.57. The summed E-state index contributed by atoms with van der Waals surface area (Å²) < 4.78 is 33.3. The minimum absolute atomic E-state index is 0.00198. The SMILES string of the molecule is O=S(=O)(NC1CC2CCC1O2)c1cccc(C#CCO)c1. The van der Waals surface area contributed by atoms with Crippen molar-refractivity contribution in [3.8, 4) is 11.8 Å². The summed E-state index contributed by atoms with van der Waals surface area (Å²) in [6.07, 6.45) is 2.88. The van der Waals surface area contributed by atoms with Crippen LogP contribution in [0.25, 0.3) is 0 Å². The largest absolute Gasteiger partial charge is 0.384 e. The van der Waals surface area contributed by atoms with E-state index in [9.17, 15) is 8.42 Å². The molecule has 0 saturated carbocycles. The van der Waals surface area contributed by atoms with Crippen molar-refractivity contribution < 1.29 is 18.3 Å². The average Bonchev–Trinajstić information content (AvgIpc) is 3.07. The van der Waals surface area contributed by atoms with Gasteiger partial charge < -0.3 is 9.84 Å². The minimum atomic E-state index is -3.57. The zero-order chi connectivity index (χ0) is 14.9. The van der Waals surface area contributed by atoms with Gasteiger partial charge in [0.05, 0.1) is 23.1 Å². The summed E-state index contributed by atoms with van der Waals surface area (Å²) in [4.78, 5) is 0.190. The standard InChI is InChI=1S/C15H17NO4S/c17-8-2-4-11-3-1-5-13(9-11)21(18,19)16-14-10-12-6-7-15(14)20-12/h1,3,5,9,12,14-17H,6-8,10H2. The van der Waals surface area contributed by atoms with E-state index in [0.717, 1.165) is 19.3 Å². The summed E-state index contributed by atoms with van der Waals surface area (Å²) in [5, 5.41) is 8.69. The first-order valence-corrected chi connectivity index (χ1v) is 8.44. The maximum Gasteiger partial charge on any atom is 0.240 e. The van der Waals surface area contributed by atoms with Crippen LogP contribution in [-0.2, 0) is 14.8 Å². The van der Waals surface area contributed by atoms with Crippen LogP contribution >= 0.6 is 0 Å². The van der Waals surface area contributed by atoms with Gasteiger partial charge in [-0.05, 0) is 37.5 Å². The number of benzene rings is 1. The highest BCUT2D eigenvalue weighted by atomic mass is 32.2. The molecule has 2 N–H and O–H groups in total. The summed E-state index contributed by atoms with van der Waals surface area (Å²) in [6, 6.07) is 6.27. The van der Waals surface area contributed by atoms with E-state index < -0.39 is 10.0 Å². The Morgan fingerprint density at radius 2 is 2.24 bits per heavy atom. The number of nitrogens with one attached hydrogen (secondary N) is 1. The summed E-state index contributed by atoms with van der Waals surface area (Å²) in [5.74, 6) is 5.22. The van der Waals surface area contributed by atoms with E-state index in [0.29, 0.717) is 5.56 Å². The number of ether oxygens (including phenoxy) is 1. The van der Waals surface area contributed by atoms with E-state index in [4.69, 9.17) is 9.84 Å². The number of fused-ring (bicyclic) bond motifs is 2. The molecule has 2 fully saturated rings. The minimum Gasteiger partial charge on any atom is -0.384 e. The third kappa shape index (κ3) is 3.11. The van der Waals surface area contributed by atoms with Gasteiger partial charge in [-0.15, -0.1) is 0 Å². The molecule has 2 bridgehead atoms. The smallest absolute Gasteiger partial charge is 0.240 e. The molecule has 1 aromatic rings. The molecule has 0 radical (unpaired) electrons. The molecule has 5 nitrogen and oxygen atoms in total. The van der Waals surface area contributed by atoms with Crippen LogP contribution in [0.1, 0.15) is 24.8 Å². The van der Waals surface area contributed by atoms with Crippen molar-refractivity contribution in [2.24, 2.45) is 0 Å². The Morgan fingerprint density at radius 3 is 2.90 bits per heavy atom. The van der Waals surface area contributed by atoms with Gasteiger partial charge in [0.2, 0.25) is 10.0 Å². The predicted molar refractivity (Wildman–Crippen MR) is 77.0 cm³/mol. The normalized spacial score (nSPS) is 27.4. The monoisotopic (exact) mass is 307 g/mol. The number of hydrogen-bond acceptors (Lipinski definition) is 4. The zero-order valence-corrected chi connectivity index (χ0v) is 12.3. The van der Waals surface area contributed by atoms with E-state index in [1.807, 2.05) is 0 Å². The Morgan fingerprint density at radius 1 is 1.38 bits per heavy atom. The lowest BCUT2D eigenvalue weighted by Gasteiger charge is -2.20. The Bertz CT molecular complexity index is 689. The molecular weight excluding hydrogens is 290 g/mol. The number of hydrogen-bond donors (Lipinski definition) is 2. The molecule has 21 heavy (non-hydrogen) atoms. The Kier molecular flexibility index (Phi) is 4.00. The first-order chi connectivity index (χ1) is 10.1. The van der Waals surface area contributed by atoms with Crippen molar-refractivity contribution in [2.45, 2.75) is 42.4 Å². The molecule has 112 valence electrons. The highest BCUT2D eigenvalue weighted by Crippen LogP contribution is 2.35. The van der Waals surface area contributed by atoms with Crippen molar-refractivity contribution in [3.05, 3.63) is 29.8 Å². The molecule has 6 heteroatoms. The molecule has 2 aliphatic heterocycles. The van der Waals surface area contributed by atoms with Crippen LogP contribution in [0.15, 0.2) is 29.2 Å². The number of aliphatic hydroxyl groups excluding tert-OH is 1. The molecule has 0 spiro atoms. The van der Waals surface area contributed by atoms with Crippen LogP contribution in [0.3, 0.4) is 0 Å². The Labute approximate surface area is 124 Å². The lowest BCUT2D eigenvalue weighted by atomic mass is 9.96. The fourth-order valence-corrected chi connectivity index (χ4v) is 4.23. The van der Waals surface area contributed by atoms with Crippen LogP contribution < -0.4 is 4.72 Å². The lowest BCUT2D eigenvalue weighted by Crippen LogP contribution is -2.41. The molecular formula is C15H17NO4S. The van der Waals surface area contributed by atoms with Crippen LogP contribution in [0.5, 0.6) is 0 Å². The van der Waals surface area contributed by atoms with Gasteiger partial charge in [0.15, 0.2) is 0 Å². The number of aliphatic hydroxyl groups is 1. The van der Waals surface area contributed by atoms with Gasteiger partial charge in [0.25, 0.3) is 0 Å². The van der Waals surface area contributed by atoms with E-state index in [1.165, 1.54) is 6.07 Å². The molecule has 2 saturated heterocycles. The first-order valence-electron chi connectivity index (χ1n) is 6.96. The predicted octanol–water partition coefficient (Wildman–Crippen LogP) is 0.629. The fraction of sp³-hybridized carbons (Fsp3) is 0.467. The quantitative estimate of drug-likeness (QED) is 0.803. The zero-order valence-electron chi connectivity index (χ0n) is 11.5. The Balaban J connectivity index is 1.78. The lowest BCUT2D eigenvalue weighted by molar-refractivity contribution is 0.0996. The van der Waals surface area contributed by atoms with Crippen LogP contribution in [-0.4, -0.2) is 38.4 Å². The van der Waals surface area contributed by atoms with Gasteiger partial charge in [0, 0.05) is 5.56 Å². The van der Waals surface area contributed by atoms with E-state index in [1.54, 1.807) is 18.2 Å². The van der Waals surface area contributed by atoms with Crippen LogP contribution in [0.2, 0.25) is 0 Å². The molecule has 3 atom stereocenters. The highest BCUT2D eigenvalue weighted by molar-refractivity contribution is 7.89. The summed E-state index contributed by atoms with van der Waals surface area (Å²) in [6.45, 7) is -0.252. The maximum absolute atomic E-state index is 12.4. The van der Waals surface area contributed by atoms with Gasteiger partial charge in [-0.3, -0.25) is 0 Å². The number of sulfonamides is 1. The van der Waals surface area contributed by atoms with Crippen molar-refractivity contribution in [2.75, 3.05) is 6.61 Å². The van der Waals surface area contributed by atoms with E-state index >= 15 is 0 Å². The molecule has 0 aliphatic carbocycles. The van der Waals surface area contributed by atoms with Gasteiger partial charge >= 0.3 is 0 Å². The maximum atomic E-state index is 12.4. The molecule has 2 heterocycles. The summed E-state index contributed by atoms with van der Waals surface area (Å²) >= 11 is 0. The second-order valence-corrected chi connectivity index (χ2v) is 7.04. The van der Waals surface area contributed by atoms with Crippen molar-refractivity contribution in [1.82, 2.24) is 4.72 Å². The average molecular weight is 307 g/mol. The van der Waals surface area contributed by atoms with Crippen LogP contribution in [0, 0.1) is 11.8 Å². The van der Waals surface area contributed by atoms with Gasteiger partial charge in [0.1, 0.15) is 6.61 Å². The van der Waals surface area contributed by atoms with E-state index in [-0.39, 0.29) is 29.8 Å². The molecule has 2 aliphatic rings. The van der Waals surface area contributed by atoms with Gasteiger partial charge in [-0.25, -0.2) is 13.1 Å². The van der Waals surface area contributed by atoms with Crippen molar-refractivity contribution in [3.63, 3.8) is 0 Å². The van der Waals surface area contributed by atoms with Gasteiger partial charge in [-0.2, -0.15) is 0 Å². The van der Waals surface area contributed by atoms with E-state index in [2.05, 4.69) is 16.6 Å². The third-order valence-corrected chi connectivity index (χ3v) is 5.36. The molecule has 0 aromatic heterocycles. The van der Waals surface area contributed by atoms with Crippen LogP contribution in [0.4, 0.5) is 0 Å². The van der Waals surface area contributed by atoms with Gasteiger partial charge in [-0.1, -0.05) is 17.9 Å². The topological polar surface area (TPSA) is 75.6 Å². The molecule has 3 unspecified atom stereocenters. The molecule has 0 amide bonds. The third-order valence-electron chi connectivity index (χ3n) is 3.87. The first kappa shape index (κ1) is 14.5. The number of rotatable bonds is 3.